The molecule has 0 rings (SSSR count). The molecule has 0 aliphatic carbocycles. The van der Waals surface area contributed by atoms with Gasteiger partial charge in [-0.25, -0.2) is 0 Å². The molecule has 0 aromatic carbocycles. The zero-order valence-electron chi connectivity index (χ0n) is 7.82. The van der Waals surface area contributed by atoms with Crippen molar-refractivity contribution in [2.75, 3.05) is 0 Å². The van der Waals surface area contributed by atoms with Gasteiger partial charge in [0.1, 0.15) is 6.10 Å². The number of carbonyl (C=O) groups excluding carboxylic acids is 1. The van der Waals surface area contributed by atoms with Crippen molar-refractivity contribution in [3.05, 3.63) is 12.2 Å². The van der Waals surface area contributed by atoms with Crippen molar-refractivity contribution in [3.63, 3.8) is 0 Å². The predicted octanol–water partition coefficient (Wildman–Crippen LogP) is 1.36. The SMILES string of the molecule is C/C=C/C(C)OC(=O)CCC(=O)O. The van der Waals surface area contributed by atoms with Gasteiger partial charge >= 0.3 is 11.9 Å². The molecule has 0 aliphatic heterocycles. The Bertz CT molecular complexity index is 208. The maximum Gasteiger partial charge on any atom is 0.306 e. The van der Waals surface area contributed by atoms with Gasteiger partial charge in [-0.1, -0.05) is 6.08 Å². The molecule has 1 N–H and O–H groups in total. The fourth-order valence-electron chi connectivity index (χ4n) is 0.786. The molecule has 0 saturated carbocycles. The summed E-state index contributed by atoms with van der Waals surface area (Å²) in [5, 5.41) is 8.28. The molecule has 0 amide bonds. The molecular weight excluding hydrogens is 172 g/mol. The fraction of sp³-hybridized carbons (Fsp3) is 0.556. The summed E-state index contributed by atoms with van der Waals surface area (Å²) in [6.45, 7) is 3.54. The van der Waals surface area contributed by atoms with E-state index in [1.165, 1.54) is 0 Å². The van der Waals surface area contributed by atoms with Gasteiger partial charge in [-0.3, -0.25) is 9.59 Å². The molecule has 0 aromatic heterocycles. The number of allylic oxidation sites excluding steroid dienone is 1. The third-order valence-electron chi connectivity index (χ3n) is 1.32. The first kappa shape index (κ1) is 11.7. The van der Waals surface area contributed by atoms with Gasteiger partial charge in [0.05, 0.1) is 12.8 Å². The van der Waals surface area contributed by atoms with E-state index in [0.717, 1.165) is 0 Å². The Morgan fingerprint density at radius 2 is 2.08 bits per heavy atom. The second-order valence-corrected chi connectivity index (χ2v) is 2.61. The first-order chi connectivity index (χ1) is 6.06. The van der Waals surface area contributed by atoms with Crippen LogP contribution in [0.3, 0.4) is 0 Å². The zero-order chi connectivity index (χ0) is 10.3. The molecule has 0 spiro atoms. The molecule has 1 unspecified atom stereocenters. The summed E-state index contributed by atoms with van der Waals surface area (Å²) >= 11 is 0. The van der Waals surface area contributed by atoms with Gasteiger partial charge in [-0.05, 0) is 19.9 Å². The quantitative estimate of drug-likeness (QED) is 0.520. The number of carbonyl (C=O) groups is 2. The van der Waals surface area contributed by atoms with Crippen LogP contribution in [0.25, 0.3) is 0 Å². The fourth-order valence-corrected chi connectivity index (χ4v) is 0.786. The number of rotatable bonds is 5. The van der Waals surface area contributed by atoms with E-state index in [1.54, 1.807) is 19.1 Å². The number of ether oxygens (including phenoxy) is 1. The molecule has 4 heteroatoms. The Balaban J connectivity index is 3.68. The normalized spacial score (nSPS) is 12.8. The molecule has 0 aliphatic rings. The summed E-state index contributed by atoms with van der Waals surface area (Å²) in [6, 6.07) is 0. The summed E-state index contributed by atoms with van der Waals surface area (Å²) in [7, 11) is 0. The number of carboxylic acids is 1. The maximum atomic E-state index is 10.9. The van der Waals surface area contributed by atoms with Gasteiger partial charge in [-0.2, -0.15) is 0 Å². The van der Waals surface area contributed by atoms with Gasteiger partial charge in [0.25, 0.3) is 0 Å². The van der Waals surface area contributed by atoms with Crippen molar-refractivity contribution in [1.29, 1.82) is 0 Å². The van der Waals surface area contributed by atoms with Gasteiger partial charge in [-0.15, -0.1) is 0 Å². The molecule has 13 heavy (non-hydrogen) atoms. The molecule has 0 fully saturated rings. The number of hydrogen-bond acceptors (Lipinski definition) is 3. The Hall–Kier alpha value is -1.32. The summed E-state index contributed by atoms with van der Waals surface area (Å²) in [5.74, 6) is -1.47. The van der Waals surface area contributed by atoms with Crippen LogP contribution in [0.1, 0.15) is 26.7 Å². The van der Waals surface area contributed by atoms with Crippen LogP contribution >= 0.6 is 0 Å². The minimum Gasteiger partial charge on any atom is -0.481 e. The molecule has 0 aromatic rings. The average molecular weight is 186 g/mol. The van der Waals surface area contributed by atoms with Crippen molar-refractivity contribution in [2.24, 2.45) is 0 Å². The second-order valence-electron chi connectivity index (χ2n) is 2.61. The largest absolute Gasteiger partial charge is 0.481 e. The molecule has 74 valence electrons. The van der Waals surface area contributed by atoms with Crippen molar-refractivity contribution in [3.8, 4) is 0 Å². The van der Waals surface area contributed by atoms with Crippen LogP contribution in [0.4, 0.5) is 0 Å². The molecule has 1 atom stereocenters. The number of carboxylic acid groups (broad SMARTS) is 1. The summed E-state index contributed by atoms with van der Waals surface area (Å²) in [4.78, 5) is 21.0. The van der Waals surface area contributed by atoms with E-state index in [-0.39, 0.29) is 18.9 Å². The van der Waals surface area contributed by atoms with Crippen LogP contribution in [0, 0.1) is 0 Å². The Kier molecular flexibility index (Phi) is 5.59. The second kappa shape index (κ2) is 6.22. The van der Waals surface area contributed by atoms with Crippen LogP contribution in [-0.4, -0.2) is 23.1 Å². The van der Waals surface area contributed by atoms with E-state index in [1.807, 2.05) is 6.92 Å². The molecule has 0 saturated heterocycles. The smallest absolute Gasteiger partial charge is 0.306 e. The monoisotopic (exact) mass is 186 g/mol. The predicted molar refractivity (Wildman–Crippen MR) is 47.2 cm³/mol. The highest BCUT2D eigenvalue weighted by Crippen LogP contribution is 1.98. The van der Waals surface area contributed by atoms with E-state index in [2.05, 4.69) is 0 Å². The van der Waals surface area contributed by atoms with E-state index in [4.69, 9.17) is 9.84 Å². The molecule has 0 bridgehead atoms. The highest BCUT2D eigenvalue weighted by atomic mass is 16.5. The van der Waals surface area contributed by atoms with E-state index >= 15 is 0 Å². The van der Waals surface area contributed by atoms with Crippen molar-refractivity contribution in [1.82, 2.24) is 0 Å². The van der Waals surface area contributed by atoms with Crippen LogP contribution in [-0.2, 0) is 14.3 Å². The minimum atomic E-state index is -0.990. The topological polar surface area (TPSA) is 63.6 Å². The van der Waals surface area contributed by atoms with E-state index in [0.29, 0.717) is 0 Å². The van der Waals surface area contributed by atoms with Crippen LogP contribution in [0.15, 0.2) is 12.2 Å². The molecule has 4 nitrogen and oxygen atoms in total. The Labute approximate surface area is 77.2 Å². The van der Waals surface area contributed by atoms with Crippen molar-refractivity contribution < 1.29 is 19.4 Å². The maximum absolute atomic E-state index is 10.9. The van der Waals surface area contributed by atoms with E-state index < -0.39 is 11.9 Å². The Morgan fingerprint density at radius 1 is 1.46 bits per heavy atom. The lowest BCUT2D eigenvalue weighted by Crippen LogP contribution is -2.13. The third-order valence-corrected chi connectivity index (χ3v) is 1.32. The van der Waals surface area contributed by atoms with Gasteiger partial charge < -0.3 is 9.84 Å². The molecule has 0 radical (unpaired) electrons. The van der Waals surface area contributed by atoms with Crippen LogP contribution < -0.4 is 0 Å². The summed E-state index contributed by atoms with van der Waals surface area (Å²) in [6.07, 6.45) is 2.96. The zero-order valence-corrected chi connectivity index (χ0v) is 7.82. The average Bonchev–Trinajstić information content (AvgIpc) is 2.01. The lowest BCUT2D eigenvalue weighted by atomic mass is 10.3. The third kappa shape index (κ3) is 7.05. The van der Waals surface area contributed by atoms with Crippen molar-refractivity contribution >= 4 is 11.9 Å². The van der Waals surface area contributed by atoms with Gasteiger partial charge in [0.15, 0.2) is 0 Å². The van der Waals surface area contributed by atoms with Crippen LogP contribution in [0.2, 0.25) is 0 Å². The summed E-state index contributed by atoms with van der Waals surface area (Å²) in [5.41, 5.74) is 0. The lowest BCUT2D eigenvalue weighted by Gasteiger charge is -2.07. The summed E-state index contributed by atoms with van der Waals surface area (Å²) < 4.78 is 4.85. The lowest BCUT2D eigenvalue weighted by molar-refractivity contribution is -0.149. The van der Waals surface area contributed by atoms with Crippen molar-refractivity contribution in [2.45, 2.75) is 32.8 Å². The highest BCUT2D eigenvalue weighted by molar-refractivity contribution is 5.76. The van der Waals surface area contributed by atoms with E-state index in [9.17, 15) is 9.59 Å². The Morgan fingerprint density at radius 3 is 2.54 bits per heavy atom. The minimum absolute atomic E-state index is 0.0722. The standard InChI is InChI=1S/C9H14O4/c1-3-4-7(2)13-9(12)6-5-8(10)11/h3-4,7H,5-6H2,1-2H3,(H,10,11)/b4-3+. The first-order valence-corrected chi connectivity index (χ1v) is 4.10. The first-order valence-electron chi connectivity index (χ1n) is 4.10. The number of aliphatic carboxylic acids is 1. The molecular formula is C9H14O4. The number of hydrogen-bond donors (Lipinski definition) is 1. The highest BCUT2D eigenvalue weighted by Gasteiger charge is 2.08. The number of esters is 1. The van der Waals surface area contributed by atoms with Crippen LogP contribution in [0.5, 0.6) is 0 Å². The van der Waals surface area contributed by atoms with Gasteiger partial charge in [0, 0.05) is 0 Å². The molecule has 0 heterocycles. The van der Waals surface area contributed by atoms with Gasteiger partial charge in [0.2, 0.25) is 0 Å².